The summed E-state index contributed by atoms with van der Waals surface area (Å²) < 4.78 is 22.8. The summed E-state index contributed by atoms with van der Waals surface area (Å²) in [6, 6.07) is 0. The topological polar surface area (TPSA) is 200 Å². The SMILES string of the molecule is CC(=O)OCC1OC(n2nnc3c(N)nn(CO)c3c2=O)C(OC(C)=O)C1OC(C)=O. The number of rotatable bonds is 6. The van der Waals surface area contributed by atoms with E-state index in [-0.39, 0.29) is 23.5 Å². The molecule has 0 radical (unpaired) electrons. The van der Waals surface area contributed by atoms with Gasteiger partial charge in [0.15, 0.2) is 35.3 Å². The molecular formula is C16H20N6O9. The number of hydrogen-bond acceptors (Lipinski definition) is 13. The second kappa shape index (κ2) is 8.65. The van der Waals surface area contributed by atoms with Crippen LogP contribution in [-0.2, 0) is 40.1 Å². The second-order valence-electron chi connectivity index (χ2n) is 6.58. The van der Waals surface area contributed by atoms with E-state index >= 15 is 0 Å². The quantitative estimate of drug-likeness (QED) is 0.364. The van der Waals surface area contributed by atoms with Crippen molar-refractivity contribution in [2.75, 3.05) is 12.3 Å². The first kappa shape index (κ1) is 22.1. The fraction of sp³-hybridized carbons (Fsp3) is 0.562. The van der Waals surface area contributed by atoms with Crippen LogP contribution < -0.4 is 11.3 Å². The summed E-state index contributed by atoms with van der Waals surface area (Å²) in [5.74, 6) is -2.23. The van der Waals surface area contributed by atoms with E-state index in [2.05, 4.69) is 15.4 Å². The predicted molar refractivity (Wildman–Crippen MR) is 97.9 cm³/mol. The van der Waals surface area contributed by atoms with E-state index in [4.69, 9.17) is 24.7 Å². The number of carbonyl (C=O) groups excluding carboxylic acids is 3. The largest absolute Gasteiger partial charge is 0.463 e. The number of hydrogen-bond donors (Lipinski definition) is 2. The van der Waals surface area contributed by atoms with Gasteiger partial charge < -0.3 is 29.8 Å². The van der Waals surface area contributed by atoms with Crippen LogP contribution >= 0.6 is 0 Å². The van der Waals surface area contributed by atoms with Crippen LogP contribution in [0.4, 0.5) is 5.82 Å². The summed E-state index contributed by atoms with van der Waals surface area (Å²) in [7, 11) is 0. The van der Waals surface area contributed by atoms with E-state index in [1.807, 2.05) is 0 Å². The van der Waals surface area contributed by atoms with Gasteiger partial charge in [0.2, 0.25) is 0 Å². The van der Waals surface area contributed by atoms with Gasteiger partial charge >= 0.3 is 17.9 Å². The Bertz CT molecular complexity index is 1080. The number of anilines is 1. The highest BCUT2D eigenvalue weighted by Crippen LogP contribution is 2.33. The zero-order valence-corrected chi connectivity index (χ0v) is 16.8. The molecular weight excluding hydrogens is 420 g/mol. The van der Waals surface area contributed by atoms with Gasteiger partial charge in [-0.05, 0) is 0 Å². The van der Waals surface area contributed by atoms with E-state index in [1.165, 1.54) is 6.92 Å². The van der Waals surface area contributed by atoms with E-state index in [0.717, 1.165) is 23.2 Å². The molecule has 0 aromatic carbocycles. The van der Waals surface area contributed by atoms with Crippen molar-refractivity contribution in [1.82, 2.24) is 24.8 Å². The molecule has 1 aliphatic heterocycles. The minimum Gasteiger partial charge on any atom is -0.463 e. The van der Waals surface area contributed by atoms with Gasteiger partial charge in [-0.2, -0.15) is 9.78 Å². The zero-order valence-electron chi connectivity index (χ0n) is 16.8. The average Bonchev–Trinajstić information content (AvgIpc) is 3.18. The van der Waals surface area contributed by atoms with Crippen LogP contribution in [0.1, 0.15) is 27.0 Å². The first-order valence-electron chi connectivity index (χ1n) is 8.99. The van der Waals surface area contributed by atoms with Gasteiger partial charge in [-0.25, -0.2) is 4.68 Å². The molecule has 2 aromatic heterocycles. The van der Waals surface area contributed by atoms with Crippen molar-refractivity contribution in [2.24, 2.45) is 0 Å². The van der Waals surface area contributed by atoms with Crippen molar-refractivity contribution in [1.29, 1.82) is 0 Å². The molecule has 0 saturated carbocycles. The molecule has 31 heavy (non-hydrogen) atoms. The first-order valence-corrected chi connectivity index (χ1v) is 8.99. The maximum Gasteiger partial charge on any atom is 0.303 e. The Balaban J connectivity index is 2.09. The summed E-state index contributed by atoms with van der Waals surface area (Å²) in [6.45, 7) is 2.38. The molecule has 15 heteroatoms. The highest BCUT2D eigenvalue weighted by atomic mass is 16.7. The van der Waals surface area contributed by atoms with Crippen LogP contribution in [0, 0.1) is 0 Å². The van der Waals surface area contributed by atoms with Gasteiger partial charge in [0.1, 0.15) is 19.4 Å². The lowest BCUT2D eigenvalue weighted by atomic mass is 10.1. The standard InChI is InChI=1S/C16H20N6O9/c1-6(24)28-4-9-12(29-7(2)25)13(30-8(3)26)16(31-9)22-15(27)11-10(18-20-22)14(17)19-21(11)5-23/h9,12-13,16,23H,4-5H2,1-3H3,(H2,17,19). The lowest BCUT2D eigenvalue weighted by Crippen LogP contribution is -2.42. The molecule has 0 bridgehead atoms. The molecule has 4 atom stereocenters. The second-order valence-corrected chi connectivity index (χ2v) is 6.58. The van der Waals surface area contributed by atoms with Crippen molar-refractivity contribution in [3.63, 3.8) is 0 Å². The fourth-order valence-electron chi connectivity index (χ4n) is 3.18. The number of fused-ring (bicyclic) bond motifs is 1. The smallest absolute Gasteiger partial charge is 0.303 e. The van der Waals surface area contributed by atoms with Gasteiger partial charge in [0.05, 0.1) is 0 Å². The number of aliphatic hydroxyl groups is 1. The van der Waals surface area contributed by atoms with E-state index < -0.39 is 54.7 Å². The van der Waals surface area contributed by atoms with Gasteiger partial charge in [0, 0.05) is 20.8 Å². The average molecular weight is 440 g/mol. The number of aromatic nitrogens is 5. The Kier molecular flexibility index (Phi) is 6.16. The number of ether oxygens (including phenoxy) is 4. The van der Waals surface area contributed by atoms with Crippen molar-refractivity contribution < 1.29 is 38.4 Å². The molecule has 168 valence electrons. The van der Waals surface area contributed by atoms with Crippen LogP contribution in [0.5, 0.6) is 0 Å². The van der Waals surface area contributed by atoms with E-state index in [9.17, 15) is 24.3 Å². The van der Waals surface area contributed by atoms with Crippen LogP contribution in [0.3, 0.4) is 0 Å². The molecule has 0 amide bonds. The molecule has 2 aromatic rings. The number of esters is 3. The Morgan fingerprint density at radius 1 is 1.13 bits per heavy atom. The molecule has 4 unspecified atom stereocenters. The van der Waals surface area contributed by atoms with Crippen LogP contribution in [0.15, 0.2) is 4.79 Å². The van der Waals surface area contributed by atoms with Crippen LogP contribution in [-0.4, -0.2) is 72.7 Å². The van der Waals surface area contributed by atoms with Crippen LogP contribution in [0.2, 0.25) is 0 Å². The van der Waals surface area contributed by atoms with Crippen LogP contribution in [0.25, 0.3) is 11.0 Å². The first-order chi connectivity index (χ1) is 14.6. The summed E-state index contributed by atoms with van der Waals surface area (Å²) in [5, 5.41) is 20.9. The Morgan fingerprint density at radius 2 is 1.77 bits per heavy atom. The van der Waals surface area contributed by atoms with Gasteiger partial charge in [-0.3, -0.25) is 19.2 Å². The molecule has 3 heterocycles. The van der Waals surface area contributed by atoms with E-state index in [0.29, 0.717) is 0 Å². The normalized spacial score (nSPS) is 23.0. The zero-order chi connectivity index (χ0) is 22.9. The molecule has 0 spiro atoms. The summed E-state index contributed by atoms with van der Waals surface area (Å²) in [5.41, 5.74) is 4.64. The number of carbonyl (C=O) groups is 3. The third-order valence-corrected chi connectivity index (χ3v) is 4.32. The maximum atomic E-state index is 13.1. The summed E-state index contributed by atoms with van der Waals surface area (Å²) in [6.07, 6.45) is -5.03. The highest BCUT2D eigenvalue weighted by molar-refractivity contribution is 5.83. The summed E-state index contributed by atoms with van der Waals surface area (Å²) >= 11 is 0. The van der Waals surface area contributed by atoms with Crippen molar-refractivity contribution in [3.05, 3.63) is 10.4 Å². The number of nitrogens with two attached hydrogens (primary N) is 1. The third-order valence-electron chi connectivity index (χ3n) is 4.32. The van der Waals surface area contributed by atoms with Crippen molar-refractivity contribution in [3.8, 4) is 0 Å². The maximum absolute atomic E-state index is 13.1. The highest BCUT2D eigenvalue weighted by Gasteiger charge is 2.51. The Labute approximate surface area is 173 Å². The lowest BCUT2D eigenvalue weighted by Gasteiger charge is -2.23. The Morgan fingerprint density at radius 3 is 2.35 bits per heavy atom. The third kappa shape index (κ3) is 4.31. The molecule has 1 aliphatic rings. The molecule has 1 saturated heterocycles. The summed E-state index contributed by atoms with van der Waals surface area (Å²) in [4.78, 5) is 47.6. The fourth-order valence-corrected chi connectivity index (χ4v) is 3.18. The monoisotopic (exact) mass is 440 g/mol. The van der Waals surface area contributed by atoms with E-state index in [1.54, 1.807) is 0 Å². The van der Waals surface area contributed by atoms with Crippen molar-refractivity contribution in [2.45, 2.75) is 52.0 Å². The molecule has 15 nitrogen and oxygen atoms in total. The number of nitrogens with zero attached hydrogens (tertiary/aromatic N) is 5. The Hall–Kier alpha value is -3.59. The minimum atomic E-state index is -1.40. The van der Waals surface area contributed by atoms with Gasteiger partial charge in [0.25, 0.3) is 5.56 Å². The number of nitrogen functional groups attached to an aromatic ring is 1. The minimum absolute atomic E-state index is 0.0506. The molecule has 1 fully saturated rings. The molecule has 3 rings (SSSR count). The number of aliphatic hydroxyl groups excluding tert-OH is 1. The van der Waals surface area contributed by atoms with Gasteiger partial charge in [-0.1, -0.05) is 5.21 Å². The molecule has 3 N–H and O–H groups in total. The molecule has 0 aliphatic carbocycles. The predicted octanol–water partition coefficient (Wildman–Crippen LogP) is -2.16. The lowest BCUT2D eigenvalue weighted by molar-refractivity contribution is -0.166. The van der Waals surface area contributed by atoms with Crippen molar-refractivity contribution >= 4 is 34.8 Å². The van der Waals surface area contributed by atoms with Gasteiger partial charge in [-0.15, -0.1) is 5.10 Å².